The van der Waals surface area contributed by atoms with E-state index in [2.05, 4.69) is 20.6 Å². The molecule has 17 heavy (non-hydrogen) atoms. The number of anilines is 2. The van der Waals surface area contributed by atoms with Crippen LogP contribution in [0, 0.1) is 0 Å². The molecule has 0 aliphatic rings. The maximum absolute atomic E-state index is 11.5. The first kappa shape index (κ1) is 13.2. The lowest BCUT2D eigenvalue weighted by molar-refractivity contribution is -0.144. The summed E-state index contributed by atoms with van der Waals surface area (Å²) in [5.41, 5.74) is -0.827. The number of hydrogen-bond acceptors (Lipinski definition) is 6. The van der Waals surface area contributed by atoms with Gasteiger partial charge in [0.15, 0.2) is 0 Å². The molecule has 0 bridgehead atoms. The van der Waals surface area contributed by atoms with Crippen LogP contribution in [-0.4, -0.2) is 35.1 Å². The quantitative estimate of drug-likeness (QED) is 0.752. The van der Waals surface area contributed by atoms with E-state index in [0.717, 1.165) is 6.54 Å². The molecule has 0 atom stereocenters. The second-order valence-electron chi connectivity index (χ2n) is 4.06. The third-order valence-electron chi connectivity index (χ3n) is 2.16. The number of nitrogens with one attached hydrogen (secondary N) is 2. The Kier molecular flexibility index (Phi) is 4.25. The highest BCUT2D eigenvalue weighted by atomic mass is 16.5. The Morgan fingerprint density at radius 1 is 1.41 bits per heavy atom. The van der Waals surface area contributed by atoms with Gasteiger partial charge in [0.05, 0.1) is 7.11 Å². The molecule has 1 aromatic rings. The number of rotatable bonds is 5. The van der Waals surface area contributed by atoms with E-state index in [1.165, 1.54) is 13.4 Å². The van der Waals surface area contributed by atoms with Crippen molar-refractivity contribution in [2.75, 3.05) is 24.3 Å². The van der Waals surface area contributed by atoms with Gasteiger partial charge >= 0.3 is 5.97 Å². The lowest BCUT2D eigenvalue weighted by Crippen LogP contribution is -2.41. The summed E-state index contributed by atoms with van der Waals surface area (Å²) in [5, 5.41) is 6.07. The van der Waals surface area contributed by atoms with Gasteiger partial charge in [-0.05, 0) is 20.8 Å². The summed E-state index contributed by atoms with van der Waals surface area (Å²) in [6.45, 7) is 6.21. The van der Waals surface area contributed by atoms with Crippen molar-refractivity contribution < 1.29 is 9.53 Å². The molecule has 0 saturated heterocycles. The van der Waals surface area contributed by atoms with Crippen molar-refractivity contribution in [3.8, 4) is 0 Å². The summed E-state index contributed by atoms with van der Waals surface area (Å²) in [6.07, 6.45) is 1.44. The van der Waals surface area contributed by atoms with Crippen molar-refractivity contribution in [1.29, 1.82) is 0 Å². The zero-order valence-electron chi connectivity index (χ0n) is 10.6. The van der Waals surface area contributed by atoms with Crippen molar-refractivity contribution in [2.24, 2.45) is 0 Å². The highest BCUT2D eigenvalue weighted by molar-refractivity contribution is 5.83. The second kappa shape index (κ2) is 5.47. The highest BCUT2D eigenvalue weighted by Gasteiger charge is 2.28. The van der Waals surface area contributed by atoms with E-state index < -0.39 is 5.54 Å². The Bertz CT molecular complexity index is 393. The first-order valence-electron chi connectivity index (χ1n) is 5.42. The lowest BCUT2D eigenvalue weighted by Gasteiger charge is -2.23. The molecule has 0 aliphatic carbocycles. The third-order valence-corrected chi connectivity index (χ3v) is 2.16. The third kappa shape index (κ3) is 3.58. The fourth-order valence-corrected chi connectivity index (χ4v) is 1.33. The minimum absolute atomic E-state index is 0.346. The molecule has 0 radical (unpaired) electrons. The van der Waals surface area contributed by atoms with Crippen molar-refractivity contribution in [2.45, 2.75) is 26.3 Å². The first-order valence-corrected chi connectivity index (χ1v) is 5.42. The normalized spacial score (nSPS) is 10.8. The summed E-state index contributed by atoms with van der Waals surface area (Å²) in [7, 11) is 1.36. The van der Waals surface area contributed by atoms with Crippen LogP contribution >= 0.6 is 0 Å². The highest BCUT2D eigenvalue weighted by Crippen LogP contribution is 2.15. The SMILES string of the molecule is CCNc1cc(NC(C)(C)C(=O)OC)ncn1. The average Bonchev–Trinajstić information content (AvgIpc) is 2.28. The van der Waals surface area contributed by atoms with Gasteiger partial charge in [0.2, 0.25) is 0 Å². The molecule has 0 amide bonds. The minimum atomic E-state index is -0.827. The second-order valence-corrected chi connectivity index (χ2v) is 4.06. The van der Waals surface area contributed by atoms with Gasteiger partial charge in [-0.15, -0.1) is 0 Å². The van der Waals surface area contributed by atoms with Crippen molar-refractivity contribution in [3.05, 3.63) is 12.4 Å². The van der Waals surface area contributed by atoms with Crippen LogP contribution in [-0.2, 0) is 9.53 Å². The van der Waals surface area contributed by atoms with Gasteiger partial charge in [-0.2, -0.15) is 0 Å². The molecule has 6 heteroatoms. The molecule has 0 saturated carbocycles. The van der Waals surface area contributed by atoms with Crippen LogP contribution in [0.25, 0.3) is 0 Å². The van der Waals surface area contributed by atoms with E-state index in [9.17, 15) is 4.79 Å². The van der Waals surface area contributed by atoms with Crippen LogP contribution in [0.3, 0.4) is 0 Å². The summed E-state index contributed by atoms with van der Waals surface area (Å²) >= 11 is 0. The Hall–Kier alpha value is -1.85. The monoisotopic (exact) mass is 238 g/mol. The molecule has 0 fully saturated rings. The van der Waals surface area contributed by atoms with E-state index in [4.69, 9.17) is 4.74 Å². The number of nitrogens with zero attached hydrogens (tertiary/aromatic N) is 2. The predicted octanol–water partition coefficient (Wildman–Crippen LogP) is 1.27. The number of carbonyl (C=O) groups excluding carboxylic acids is 1. The molecule has 1 rings (SSSR count). The van der Waals surface area contributed by atoms with Crippen LogP contribution in [0.5, 0.6) is 0 Å². The zero-order valence-corrected chi connectivity index (χ0v) is 10.6. The van der Waals surface area contributed by atoms with E-state index in [0.29, 0.717) is 11.6 Å². The van der Waals surface area contributed by atoms with Crippen molar-refractivity contribution in [3.63, 3.8) is 0 Å². The Balaban J connectivity index is 2.80. The molecule has 2 N–H and O–H groups in total. The number of aromatic nitrogens is 2. The standard InChI is InChI=1S/C11H18N4O2/c1-5-12-8-6-9(14-7-13-8)15-11(2,3)10(16)17-4/h6-7H,5H2,1-4H3,(H2,12,13,14,15). The fraction of sp³-hybridized carbons (Fsp3) is 0.545. The Morgan fingerprint density at radius 3 is 2.65 bits per heavy atom. The van der Waals surface area contributed by atoms with E-state index in [1.54, 1.807) is 19.9 Å². The van der Waals surface area contributed by atoms with Gasteiger partial charge in [0, 0.05) is 12.6 Å². The molecule has 1 heterocycles. The number of carbonyl (C=O) groups is 1. The minimum Gasteiger partial charge on any atom is -0.467 e. The number of hydrogen-bond donors (Lipinski definition) is 2. The smallest absolute Gasteiger partial charge is 0.330 e. The molecular weight excluding hydrogens is 220 g/mol. The predicted molar refractivity (Wildman–Crippen MR) is 65.9 cm³/mol. The van der Waals surface area contributed by atoms with Crippen LogP contribution in [0.15, 0.2) is 12.4 Å². The molecular formula is C11H18N4O2. The zero-order chi connectivity index (χ0) is 12.9. The van der Waals surface area contributed by atoms with Gasteiger partial charge in [-0.3, -0.25) is 0 Å². The van der Waals surface area contributed by atoms with Gasteiger partial charge in [-0.25, -0.2) is 14.8 Å². The molecule has 0 aliphatic heterocycles. The van der Waals surface area contributed by atoms with Crippen LogP contribution in [0.4, 0.5) is 11.6 Å². The summed E-state index contributed by atoms with van der Waals surface area (Å²) in [4.78, 5) is 19.6. The van der Waals surface area contributed by atoms with Gasteiger partial charge in [-0.1, -0.05) is 0 Å². The van der Waals surface area contributed by atoms with Crippen LogP contribution in [0.2, 0.25) is 0 Å². The van der Waals surface area contributed by atoms with Crippen molar-refractivity contribution >= 4 is 17.6 Å². The summed E-state index contributed by atoms with van der Waals surface area (Å²) < 4.78 is 4.70. The molecule has 0 spiro atoms. The van der Waals surface area contributed by atoms with E-state index >= 15 is 0 Å². The van der Waals surface area contributed by atoms with Crippen molar-refractivity contribution in [1.82, 2.24) is 9.97 Å². The summed E-state index contributed by atoms with van der Waals surface area (Å²) in [5.74, 6) is 0.943. The van der Waals surface area contributed by atoms with Gasteiger partial charge in [0.25, 0.3) is 0 Å². The number of esters is 1. The molecule has 0 aromatic carbocycles. The largest absolute Gasteiger partial charge is 0.467 e. The summed E-state index contributed by atoms with van der Waals surface area (Å²) in [6, 6.07) is 1.74. The average molecular weight is 238 g/mol. The molecule has 0 unspecified atom stereocenters. The van der Waals surface area contributed by atoms with Crippen LogP contribution in [0.1, 0.15) is 20.8 Å². The first-order chi connectivity index (χ1) is 7.99. The fourth-order valence-electron chi connectivity index (χ4n) is 1.33. The van der Waals surface area contributed by atoms with Gasteiger partial charge in [0.1, 0.15) is 23.5 Å². The maximum Gasteiger partial charge on any atom is 0.330 e. The maximum atomic E-state index is 11.5. The number of methoxy groups -OCH3 is 1. The topological polar surface area (TPSA) is 76.1 Å². The molecule has 1 aromatic heterocycles. The Labute approximate surface area is 101 Å². The van der Waals surface area contributed by atoms with Gasteiger partial charge < -0.3 is 15.4 Å². The van der Waals surface area contributed by atoms with E-state index in [1.807, 2.05) is 6.92 Å². The molecule has 94 valence electrons. The van der Waals surface area contributed by atoms with Crippen LogP contribution < -0.4 is 10.6 Å². The van der Waals surface area contributed by atoms with E-state index in [-0.39, 0.29) is 5.97 Å². The Morgan fingerprint density at radius 2 is 2.06 bits per heavy atom. The number of ether oxygens (including phenoxy) is 1. The lowest BCUT2D eigenvalue weighted by atomic mass is 10.1. The molecule has 6 nitrogen and oxygen atoms in total.